The van der Waals surface area contributed by atoms with E-state index in [0.29, 0.717) is 18.8 Å². The summed E-state index contributed by atoms with van der Waals surface area (Å²) < 4.78 is 19.7. The zero-order valence-electron chi connectivity index (χ0n) is 13.7. The summed E-state index contributed by atoms with van der Waals surface area (Å²) >= 11 is 0. The Balaban J connectivity index is 1.77. The van der Waals surface area contributed by atoms with Gasteiger partial charge in [-0.25, -0.2) is 4.39 Å². The number of hydrogen-bond acceptors (Lipinski definition) is 3. The molecule has 1 aliphatic carbocycles. The standard InChI is InChI=1S/C18H25FN2O2/c1-14(21-10-12-23-13-11-21)17(22)20-18(8-4-5-9-18)15-6-2-3-7-16(15)19/h2-3,6-7,14H,4-5,8-13H2,1H3,(H,20,22). The van der Waals surface area contributed by atoms with E-state index >= 15 is 0 Å². The summed E-state index contributed by atoms with van der Waals surface area (Å²) in [4.78, 5) is 14.9. The molecule has 1 atom stereocenters. The maximum atomic E-state index is 14.3. The van der Waals surface area contributed by atoms with Gasteiger partial charge in [-0.1, -0.05) is 31.0 Å². The fraction of sp³-hybridized carbons (Fsp3) is 0.611. The lowest BCUT2D eigenvalue weighted by Gasteiger charge is -2.36. The summed E-state index contributed by atoms with van der Waals surface area (Å²) in [6.45, 7) is 4.78. The SMILES string of the molecule is CC(C(=O)NC1(c2ccccc2F)CCCC1)N1CCOCC1. The van der Waals surface area contributed by atoms with E-state index in [-0.39, 0.29) is 17.8 Å². The topological polar surface area (TPSA) is 41.6 Å². The number of hydrogen-bond donors (Lipinski definition) is 1. The van der Waals surface area contributed by atoms with Crippen LogP contribution >= 0.6 is 0 Å². The molecule has 1 N–H and O–H groups in total. The molecule has 2 fully saturated rings. The van der Waals surface area contributed by atoms with Gasteiger partial charge in [0.05, 0.1) is 24.8 Å². The molecule has 1 unspecified atom stereocenters. The van der Waals surface area contributed by atoms with Gasteiger partial charge >= 0.3 is 0 Å². The maximum absolute atomic E-state index is 14.3. The van der Waals surface area contributed by atoms with Crippen LogP contribution in [0, 0.1) is 5.82 Å². The summed E-state index contributed by atoms with van der Waals surface area (Å²) in [6, 6.07) is 6.60. The quantitative estimate of drug-likeness (QED) is 0.926. The molecule has 1 aromatic carbocycles. The number of carbonyl (C=O) groups is 1. The van der Waals surface area contributed by atoms with Crippen LogP contribution < -0.4 is 5.32 Å². The number of carbonyl (C=O) groups excluding carboxylic acids is 1. The second-order valence-electron chi connectivity index (χ2n) is 6.58. The highest BCUT2D eigenvalue weighted by Gasteiger charge is 2.40. The smallest absolute Gasteiger partial charge is 0.237 e. The summed E-state index contributed by atoms with van der Waals surface area (Å²) in [5.74, 6) is -0.245. The third kappa shape index (κ3) is 3.40. The van der Waals surface area contributed by atoms with E-state index in [2.05, 4.69) is 10.2 Å². The second-order valence-corrected chi connectivity index (χ2v) is 6.58. The lowest BCUT2D eigenvalue weighted by molar-refractivity contribution is -0.129. The first kappa shape index (κ1) is 16.4. The highest BCUT2D eigenvalue weighted by atomic mass is 19.1. The zero-order chi connectivity index (χ0) is 16.3. The van der Waals surface area contributed by atoms with E-state index in [9.17, 15) is 9.18 Å². The van der Waals surface area contributed by atoms with Crippen molar-refractivity contribution >= 4 is 5.91 Å². The Kier molecular flexibility index (Phi) is 4.97. The second kappa shape index (κ2) is 6.97. The van der Waals surface area contributed by atoms with Gasteiger partial charge in [0, 0.05) is 18.7 Å². The van der Waals surface area contributed by atoms with Gasteiger partial charge in [-0.05, 0) is 25.8 Å². The first-order valence-electron chi connectivity index (χ1n) is 8.51. The molecular formula is C18H25FN2O2. The Bertz CT molecular complexity index is 552. The van der Waals surface area contributed by atoms with Crippen LogP contribution in [0.1, 0.15) is 38.2 Å². The normalized spacial score (nSPS) is 22.7. The molecule has 1 saturated carbocycles. The van der Waals surface area contributed by atoms with Gasteiger partial charge in [0.2, 0.25) is 5.91 Å². The van der Waals surface area contributed by atoms with Gasteiger partial charge < -0.3 is 10.1 Å². The largest absolute Gasteiger partial charge is 0.379 e. The minimum atomic E-state index is -0.553. The van der Waals surface area contributed by atoms with E-state index in [1.807, 2.05) is 13.0 Å². The van der Waals surface area contributed by atoms with Crippen molar-refractivity contribution in [2.24, 2.45) is 0 Å². The zero-order valence-corrected chi connectivity index (χ0v) is 13.7. The van der Waals surface area contributed by atoms with Crippen molar-refractivity contribution in [3.8, 4) is 0 Å². The monoisotopic (exact) mass is 320 g/mol. The Morgan fingerprint density at radius 1 is 1.26 bits per heavy atom. The van der Waals surface area contributed by atoms with Gasteiger partial charge in [-0.3, -0.25) is 9.69 Å². The van der Waals surface area contributed by atoms with E-state index in [1.165, 1.54) is 6.07 Å². The van der Waals surface area contributed by atoms with Crippen LogP contribution in [0.25, 0.3) is 0 Å². The number of ether oxygens (including phenoxy) is 1. The van der Waals surface area contributed by atoms with Crippen LogP contribution in [0.3, 0.4) is 0 Å². The first-order chi connectivity index (χ1) is 11.1. The summed E-state index contributed by atoms with van der Waals surface area (Å²) in [5.41, 5.74) is 0.0724. The molecule has 1 aliphatic heterocycles. The number of amides is 1. The number of morpholine rings is 1. The Labute approximate surface area is 137 Å². The number of nitrogens with zero attached hydrogens (tertiary/aromatic N) is 1. The molecule has 3 rings (SSSR count). The molecule has 0 bridgehead atoms. The average molecular weight is 320 g/mol. The predicted molar refractivity (Wildman–Crippen MR) is 86.5 cm³/mol. The molecule has 4 nitrogen and oxygen atoms in total. The first-order valence-corrected chi connectivity index (χ1v) is 8.51. The molecule has 1 saturated heterocycles. The molecule has 1 aromatic rings. The number of nitrogens with one attached hydrogen (secondary N) is 1. The number of halogens is 1. The number of benzene rings is 1. The average Bonchev–Trinajstić information content (AvgIpc) is 3.04. The van der Waals surface area contributed by atoms with E-state index < -0.39 is 5.54 Å². The Morgan fingerprint density at radius 2 is 1.91 bits per heavy atom. The molecule has 126 valence electrons. The Hall–Kier alpha value is -1.46. The van der Waals surface area contributed by atoms with Crippen LogP contribution in [-0.4, -0.2) is 43.2 Å². The molecule has 5 heteroatoms. The minimum absolute atomic E-state index is 0.0166. The lowest BCUT2D eigenvalue weighted by Crippen LogP contribution is -2.54. The molecule has 1 amide bonds. The van der Waals surface area contributed by atoms with Crippen molar-refractivity contribution in [1.82, 2.24) is 10.2 Å². The highest BCUT2D eigenvalue weighted by Crippen LogP contribution is 2.40. The van der Waals surface area contributed by atoms with Crippen LogP contribution in [-0.2, 0) is 15.1 Å². The third-order valence-electron chi connectivity index (χ3n) is 5.18. The fourth-order valence-electron chi connectivity index (χ4n) is 3.76. The van der Waals surface area contributed by atoms with Crippen molar-refractivity contribution in [3.05, 3.63) is 35.6 Å². The van der Waals surface area contributed by atoms with Crippen molar-refractivity contribution < 1.29 is 13.9 Å². The third-order valence-corrected chi connectivity index (χ3v) is 5.18. The minimum Gasteiger partial charge on any atom is -0.379 e. The summed E-state index contributed by atoms with van der Waals surface area (Å²) in [7, 11) is 0. The van der Waals surface area contributed by atoms with Gasteiger partial charge in [0.1, 0.15) is 5.82 Å². The fourth-order valence-corrected chi connectivity index (χ4v) is 3.76. The maximum Gasteiger partial charge on any atom is 0.237 e. The van der Waals surface area contributed by atoms with Crippen LogP contribution in [0.5, 0.6) is 0 Å². The Morgan fingerprint density at radius 3 is 2.57 bits per heavy atom. The molecule has 0 aromatic heterocycles. The van der Waals surface area contributed by atoms with E-state index in [4.69, 9.17) is 4.74 Å². The van der Waals surface area contributed by atoms with Crippen molar-refractivity contribution in [2.45, 2.75) is 44.2 Å². The number of rotatable bonds is 4. The van der Waals surface area contributed by atoms with Gasteiger partial charge in [0.25, 0.3) is 0 Å². The molecule has 23 heavy (non-hydrogen) atoms. The molecule has 0 radical (unpaired) electrons. The van der Waals surface area contributed by atoms with Crippen LogP contribution in [0.4, 0.5) is 4.39 Å². The molecule has 0 spiro atoms. The van der Waals surface area contributed by atoms with E-state index in [1.54, 1.807) is 12.1 Å². The highest BCUT2D eigenvalue weighted by molar-refractivity contribution is 5.82. The summed E-state index contributed by atoms with van der Waals surface area (Å²) in [6.07, 6.45) is 3.63. The van der Waals surface area contributed by atoms with Crippen LogP contribution in [0.15, 0.2) is 24.3 Å². The molecule has 2 aliphatic rings. The molecule has 1 heterocycles. The van der Waals surface area contributed by atoms with E-state index in [0.717, 1.165) is 38.8 Å². The van der Waals surface area contributed by atoms with Gasteiger partial charge in [0.15, 0.2) is 0 Å². The van der Waals surface area contributed by atoms with Gasteiger partial charge in [-0.2, -0.15) is 0 Å². The summed E-state index contributed by atoms with van der Waals surface area (Å²) in [5, 5.41) is 3.19. The van der Waals surface area contributed by atoms with Crippen LogP contribution in [0.2, 0.25) is 0 Å². The predicted octanol–water partition coefficient (Wildman–Crippen LogP) is 2.43. The lowest BCUT2D eigenvalue weighted by atomic mass is 9.87. The molecular weight excluding hydrogens is 295 g/mol. The van der Waals surface area contributed by atoms with Crippen molar-refractivity contribution in [3.63, 3.8) is 0 Å². The van der Waals surface area contributed by atoms with Gasteiger partial charge in [-0.15, -0.1) is 0 Å². The van der Waals surface area contributed by atoms with Crippen molar-refractivity contribution in [2.75, 3.05) is 26.3 Å². The van der Waals surface area contributed by atoms with Crippen molar-refractivity contribution in [1.29, 1.82) is 0 Å².